The molecule has 0 unspecified atom stereocenters. The number of aromatic nitrogens is 2. The zero-order valence-corrected chi connectivity index (χ0v) is 29.6. The summed E-state index contributed by atoms with van der Waals surface area (Å²) in [5, 5.41) is 0. The third kappa shape index (κ3) is 11.0. The molecular weight excluding hydrogens is 616 g/mol. The van der Waals surface area contributed by atoms with Crippen LogP contribution in [0.3, 0.4) is 0 Å². The Bertz CT molecular complexity index is 1780. The van der Waals surface area contributed by atoms with Gasteiger partial charge in [-0.3, -0.25) is 9.80 Å². The molecule has 0 N–H and O–H groups in total. The van der Waals surface area contributed by atoms with Crippen LogP contribution >= 0.6 is 0 Å². The first-order chi connectivity index (χ1) is 23.9. The predicted molar refractivity (Wildman–Crippen MR) is 192 cm³/mol. The number of ether oxygens (including phenoxy) is 5. The lowest BCUT2D eigenvalue weighted by molar-refractivity contribution is 0.247. The summed E-state index contributed by atoms with van der Waals surface area (Å²) in [6.07, 6.45) is 4.79. The van der Waals surface area contributed by atoms with Gasteiger partial charge >= 0.3 is 0 Å². The molecule has 0 bridgehead atoms. The van der Waals surface area contributed by atoms with E-state index in [-0.39, 0.29) is 0 Å². The summed E-state index contributed by atoms with van der Waals surface area (Å²) in [7, 11) is 9.80. The van der Waals surface area contributed by atoms with Gasteiger partial charge in [0.05, 0.1) is 28.4 Å². The maximum absolute atomic E-state index is 5.49. The van der Waals surface area contributed by atoms with Crippen molar-refractivity contribution in [1.29, 1.82) is 0 Å². The van der Waals surface area contributed by atoms with Crippen LogP contribution in [0.15, 0.2) is 67.0 Å². The third-order valence-electron chi connectivity index (χ3n) is 7.95. The summed E-state index contributed by atoms with van der Waals surface area (Å²) < 4.78 is 26.0. The molecule has 1 fully saturated rings. The van der Waals surface area contributed by atoms with E-state index in [2.05, 4.69) is 72.5 Å². The lowest BCUT2D eigenvalue weighted by Crippen LogP contribution is -2.30. The molecule has 0 radical (unpaired) electrons. The van der Waals surface area contributed by atoms with E-state index in [1.165, 1.54) is 11.1 Å². The molecule has 3 heterocycles. The van der Waals surface area contributed by atoms with Crippen LogP contribution in [0.2, 0.25) is 0 Å². The van der Waals surface area contributed by atoms with Crippen LogP contribution in [0.5, 0.6) is 23.0 Å². The molecule has 0 atom stereocenters. The normalized spacial score (nSPS) is 13.0. The van der Waals surface area contributed by atoms with Crippen LogP contribution in [0.4, 0.5) is 0 Å². The molecule has 0 amide bonds. The van der Waals surface area contributed by atoms with E-state index in [4.69, 9.17) is 18.9 Å². The number of methoxy groups -OCH3 is 5. The Morgan fingerprint density at radius 3 is 1.51 bits per heavy atom. The van der Waals surface area contributed by atoms with Crippen LogP contribution in [-0.4, -0.2) is 88.6 Å². The highest BCUT2D eigenvalue weighted by molar-refractivity contribution is 5.53. The van der Waals surface area contributed by atoms with Gasteiger partial charge in [0.1, 0.15) is 22.9 Å². The Morgan fingerprint density at radius 1 is 0.551 bits per heavy atom. The minimum Gasteiger partial charge on any atom is -0.496 e. The van der Waals surface area contributed by atoms with Gasteiger partial charge in [-0.1, -0.05) is 11.8 Å². The summed E-state index contributed by atoms with van der Waals surface area (Å²) in [6.45, 7) is 7.76. The van der Waals surface area contributed by atoms with Gasteiger partial charge in [0, 0.05) is 69.5 Å². The molecule has 1 saturated heterocycles. The molecular formula is C40H46N4O5. The first kappa shape index (κ1) is 36.8. The number of benzene rings is 2. The first-order valence-electron chi connectivity index (χ1n) is 16.1. The van der Waals surface area contributed by atoms with Crippen LogP contribution in [0.25, 0.3) is 0 Å². The smallest absolute Gasteiger partial charge is 0.161 e. The van der Waals surface area contributed by atoms with Crippen molar-refractivity contribution in [3.05, 3.63) is 106 Å². The lowest BCUT2D eigenvalue weighted by Gasteiger charge is -2.22. The molecule has 1 aliphatic rings. The fourth-order valence-electron chi connectivity index (χ4n) is 5.48. The number of rotatable bonds is 8. The summed E-state index contributed by atoms with van der Waals surface area (Å²) in [6, 6.07) is 17.8. The Labute approximate surface area is 291 Å². The third-order valence-corrected chi connectivity index (χ3v) is 7.95. The molecule has 9 nitrogen and oxygen atoms in total. The van der Waals surface area contributed by atoms with E-state index in [9.17, 15) is 0 Å². The molecule has 0 aliphatic carbocycles. The highest BCUT2D eigenvalue weighted by atomic mass is 16.5. The SMILES string of the molecule is COC.COc1ccc(C#Cc2cc(CN3CCCN(Cc4ccnc(C#Cc5cc(OC)c(C)c(OC)c5)c4)CC3)ccn2)cc1OC. The highest BCUT2D eigenvalue weighted by Crippen LogP contribution is 2.29. The fourth-order valence-corrected chi connectivity index (χ4v) is 5.48. The van der Waals surface area contributed by atoms with Crippen molar-refractivity contribution in [3.63, 3.8) is 0 Å². The lowest BCUT2D eigenvalue weighted by atomic mass is 10.1. The van der Waals surface area contributed by atoms with Crippen LogP contribution < -0.4 is 18.9 Å². The summed E-state index contributed by atoms with van der Waals surface area (Å²) >= 11 is 0. The van der Waals surface area contributed by atoms with Gasteiger partial charge in [-0.05, 0) is 104 Å². The van der Waals surface area contributed by atoms with E-state index >= 15 is 0 Å². The largest absolute Gasteiger partial charge is 0.496 e. The second kappa shape index (κ2) is 19.1. The van der Waals surface area contributed by atoms with Gasteiger partial charge in [-0.15, -0.1) is 0 Å². The highest BCUT2D eigenvalue weighted by Gasteiger charge is 2.16. The maximum Gasteiger partial charge on any atom is 0.161 e. The van der Waals surface area contributed by atoms with Crippen LogP contribution in [0, 0.1) is 30.6 Å². The number of hydrogen-bond donors (Lipinski definition) is 0. The van der Waals surface area contributed by atoms with E-state index in [0.29, 0.717) is 11.5 Å². The molecule has 4 aromatic rings. The molecule has 256 valence electrons. The zero-order valence-electron chi connectivity index (χ0n) is 29.6. The van der Waals surface area contributed by atoms with E-state index in [0.717, 1.165) is 85.3 Å². The molecule has 5 rings (SSSR count). The van der Waals surface area contributed by atoms with E-state index in [1.807, 2.05) is 49.6 Å². The molecule has 2 aromatic heterocycles. The number of pyridine rings is 2. The van der Waals surface area contributed by atoms with E-state index < -0.39 is 0 Å². The van der Waals surface area contributed by atoms with Crippen molar-refractivity contribution < 1.29 is 23.7 Å². The molecule has 0 saturated carbocycles. The minimum absolute atomic E-state index is 0.658. The summed E-state index contributed by atoms with van der Waals surface area (Å²) in [5.41, 5.74) is 6.54. The minimum atomic E-state index is 0.658. The molecule has 1 aliphatic heterocycles. The quantitative estimate of drug-likeness (QED) is 0.225. The van der Waals surface area contributed by atoms with Crippen molar-refractivity contribution in [3.8, 4) is 46.7 Å². The van der Waals surface area contributed by atoms with E-state index in [1.54, 1.807) is 42.7 Å². The van der Waals surface area contributed by atoms with Crippen molar-refractivity contribution >= 4 is 0 Å². The molecule has 49 heavy (non-hydrogen) atoms. The monoisotopic (exact) mass is 662 g/mol. The topological polar surface area (TPSA) is 78.4 Å². The molecule has 2 aromatic carbocycles. The van der Waals surface area contributed by atoms with Crippen molar-refractivity contribution in [2.75, 3.05) is 68.8 Å². The molecule has 9 heteroatoms. The summed E-state index contributed by atoms with van der Waals surface area (Å²) in [4.78, 5) is 14.0. The van der Waals surface area contributed by atoms with Crippen LogP contribution in [-0.2, 0) is 17.8 Å². The Hall–Kier alpha value is -5.06. The van der Waals surface area contributed by atoms with Crippen molar-refractivity contribution in [2.24, 2.45) is 0 Å². The van der Waals surface area contributed by atoms with Gasteiger partial charge in [0.25, 0.3) is 0 Å². The Balaban J connectivity index is 0.00000174. The van der Waals surface area contributed by atoms with Gasteiger partial charge in [0.15, 0.2) is 11.5 Å². The van der Waals surface area contributed by atoms with Gasteiger partial charge in [-0.25, -0.2) is 9.97 Å². The van der Waals surface area contributed by atoms with Gasteiger partial charge < -0.3 is 23.7 Å². The second-order valence-electron chi connectivity index (χ2n) is 11.5. The zero-order chi connectivity index (χ0) is 35.0. The average Bonchev–Trinajstić information content (AvgIpc) is 3.35. The molecule has 0 spiro atoms. The maximum atomic E-state index is 5.49. The summed E-state index contributed by atoms with van der Waals surface area (Å²) in [5.74, 6) is 15.7. The van der Waals surface area contributed by atoms with Gasteiger partial charge in [-0.2, -0.15) is 0 Å². The Kier molecular flexibility index (Phi) is 14.3. The van der Waals surface area contributed by atoms with Crippen molar-refractivity contribution in [2.45, 2.75) is 26.4 Å². The number of nitrogens with zero attached hydrogens (tertiary/aromatic N) is 4. The standard InChI is InChI=1S/C38H40N4O4.C2H6O/c1-28-36(44-3)24-30(25-37(28)45-4)8-11-34-22-32(14-16-40-34)27-42-18-6-17-41(19-20-42)26-31-13-15-39-33(21-31)10-7-29-9-12-35(43-2)38(23-29)46-5;1-3-2/h9,12-16,21-25H,6,17-20,26-27H2,1-5H3;1-2H3. The Morgan fingerprint density at radius 2 is 1.02 bits per heavy atom. The predicted octanol–water partition coefficient (Wildman–Crippen LogP) is 5.59. The van der Waals surface area contributed by atoms with Crippen LogP contribution in [0.1, 0.15) is 45.6 Å². The fraction of sp³-hybridized carbons (Fsp3) is 0.350. The number of hydrogen-bond acceptors (Lipinski definition) is 9. The first-order valence-corrected chi connectivity index (χ1v) is 16.1. The van der Waals surface area contributed by atoms with Gasteiger partial charge in [0.2, 0.25) is 0 Å². The average molecular weight is 663 g/mol. The second-order valence-corrected chi connectivity index (χ2v) is 11.5. The van der Waals surface area contributed by atoms with Crippen molar-refractivity contribution in [1.82, 2.24) is 19.8 Å².